The maximum Gasteiger partial charge on any atom is 0.341 e. The standard InChI is InChI=1S/C19H21N5O2/c1-22-10-12-23(13-11-22)21-19(26)24-16-8-4-2-6-14(16)18(25)20-15-7-3-5-9-17(15)24/h2-9H,10-13H2,1H3,(H,20,25)(H,21,26). The Morgan fingerprint density at radius 1 is 0.962 bits per heavy atom. The highest BCUT2D eigenvalue weighted by Gasteiger charge is 2.30. The summed E-state index contributed by atoms with van der Waals surface area (Å²) in [7, 11) is 2.07. The maximum absolute atomic E-state index is 13.2. The molecule has 2 aromatic carbocycles. The topological polar surface area (TPSA) is 67.9 Å². The molecular formula is C19H21N5O2. The number of rotatable bonds is 1. The van der Waals surface area contributed by atoms with Gasteiger partial charge in [0.2, 0.25) is 0 Å². The summed E-state index contributed by atoms with van der Waals surface area (Å²) in [6, 6.07) is 14.2. The predicted octanol–water partition coefficient (Wildman–Crippen LogP) is 2.26. The number of carbonyl (C=O) groups excluding carboxylic acids is 2. The van der Waals surface area contributed by atoms with E-state index in [0.717, 1.165) is 26.2 Å². The molecule has 2 aliphatic rings. The number of anilines is 3. The Hall–Kier alpha value is -2.90. The highest BCUT2D eigenvalue weighted by atomic mass is 16.2. The Morgan fingerprint density at radius 2 is 1.62 bits per heavy atom. The molecule has 0 bridgehead atoms. The van der Waals surface area contributed by atoms with Crippen molar-refractivity contribution in [1.82, 2.24) is 15.3 Å². The van der Waals surface area contributed by atoms with Crippen LogP contribution in [0.25, 0.3) is 0 Å². The van der Waals surface area contributed by atoms with Gasteiger partial charge in [-0.3, -0.25) is 15.1 Å². The number of carbonyl (C=O) groups is 2. The Labute approximate surface area is 152 Å². The Bertz CT molecular complexity index is 845. The van der Waals surface area contributed by atoms with Gasteiger partial charge in [0.05, 0.1) is 22.6 Å². The van der Waals surface area contributed by atoms with Gasteiger partial charge in [-0.05, 0) is 31.3 Å². The molecule has 7 heteroatoms. The van der Waals surface area contributed by atoms with Crippen molar-refractivity contribution in [3.8, 4) is 0 Å². The predicted molar refractivity (Wildman–Crippen MR) is 101 cm³/mol. The van der Waals surface area contributed by atoms with Gasteiger partial charge >= 0.3 is 6.03 Å². The largest absolute Gasteiger partial charge is 0.341 e. The van der Waals surface area contributed by atoms with Crippen molar-refractivity contribution in [2.45, 2.75) is 0 Å². The summed E-state index contributed by atoms with van der Waals surface area (Å²) in [6.07, 6.45) is 0. The minimum atomic E-state index is -0.272. The van der Waals surface area contributed by atoms with Crippen molar-refractivity contribution in [3.05, 3.63) is 54.1 Å². The van der Waals surface area contributed by atoms with Gasteiger partial charge < -0.3 is 10.2 Å². The smallest absolute Gasteiger partial charge is 0.320 e. The van der Waals surface area contributed by atoms with E-state index < -0.39 is 0 Å². The Morgan fingerprint density at radius 3 is 2.38 bits per heavy atom. The molecule has 0 radical (unpaired) electrons. The van der Waals surface area contributed by atoms with Crippen LogP contribution in [0.4, 0.5) is 21.9 Å². The van der Waals surface area contributed by atoms with Gasteiger partial charge in [-0.2, -0.15) is 0 Å². The monoisotopic (exact) mass is 351 g/mol. The molecular weight excluding hydrogens is 330 g/mol. The average Bonchev–Trinajstić information content (AvgIpc) is 2.77. The van der Waals surface area contributed by atoms with Crippen molar-refractivity contribution < 1.29 is 9.59 Å². The summed E-state index contributed by atoms with van der Waals surface area (Å²) in [6.45, 7) is 3.31. The van der Waals surface area contributed by atoms with E-state index in [-0.39, 0.29) is 11.9 Å². The zero-order valence-electron chi connectivity index (χ0n) is 14.6. The van der Waals surface area contributed by atoms with Crippen LogP contribution in [0, 0.1) is 0 Å². The molecule has 7 nitrogen and oxygen atoms in total. The van der Waals surface area contributed by atoms with Crippen LogP contribution >= 0.6 is 0 Å². The number of hydrogen-bond donors (Lipinski definition) is 2. The molecule has 4 rings (SSSR count). The van der Waals surface area contributed by atoms with E-state index in [4.69, 9.17) is 0 Å². The second-order valence-electron chi connectivity index (χ2n) is 6.53. The van der Waals surface area contributed by atoms with E-state index >= 15 is 0 Å². The molecule has 1 fully saturated rings. The third-order valence-electron chi connectivity index (χ3n) is 4.74. The summed E-state index contributed by atoms with van der Waals surface area (Å²) < 4.78 is 0. The number of para-hydroxylation sites is 3. The summed E-state index contributed by atoms with van der Waals surface area (Å²) in [4.78, 5) is 29.5. The fourth-order valence-electron chi connectivity index (χ4n) is 3.28. The molecule has 0 aromatic heterocycles. The molecule has 0 aliphatic carbocycles. The van der Waals surface area contributed by atoms with Crippen molar-refractivity contribution >= 4 is 29.0 Å². The summed E-state index contributed by atoms with van der Waals surface area (Å²) >= 11 is 0. The van der Waals surface area contributed by atoms with Gasteiger partial charge in [-0.25, -0.2) is 9.80 Å². The molecule has 0 saturated carbocycles. The number of likely N-dealkylation sites (N-methyl/N-ethyl adjacent to an activating group) is 1. The Balaban J connectivity index is 1.71. The van der Waals surface area contributed by atoms with Gasteiger partial charge in [0, 0.05) is 26.2 Å². The van der Waals surface area contributed by atoms with Crippen molar-refractivity contribution in [1.29, 1.82) is 0 Å². The van der Waals surface area contributed by atoms with Crippen molar-refractivity contribution in [2.75, 3.05) is 43.4 Å². The third kappa shape index (κ3) is 3.02. The average molecular weight is 351 g/mol. The number of hydrazine groups is 1. The molecule has 134 valence electrons. The number of amides is 3. The van der Waals surface area contributed by atoms with Crippen LogP contribution in [0.15, 0.2) is 48.5 Å². The number of hydrogen-bond acceptors (Lipinski definition) is 4. The third-order valence-corrected chi connectivity index (χ3v) is 4.74. The molecule has 0 unspecified atom stereocenters. The maximum atomic E-state index is 13.2. The number of benzene rings is 2. The van der Waals surface area contributed by atoms with Gasteiger partial charge in [-0.15, -0.1) is 0 Å². The number of urea groups is 1. The molecule has 3 amide bonds. The van der Waals surface area contributed by atoms with Gasteiger partial charge in [0.1, 0.15) is 0 Å². The normalized spacial score (nSPS) is 17.7. The first kappa shape index (κ1) is 16.6. The molecule has 2 N–H and O–H groups in total. The van der Waals surface area contributed by atoms with E-state index in [1.165, 1.54) is 0 Å². The van der Waals surface area contributed by atoms with E-state index in [1.807, 2.05) is 29.3 Å². The molecule has 2 aliphatic heterocycles. The first-order chi connectivity index (χ1) is 12.6. The van der Waals surface area contributed by atoms with Gasteiger partial charge in [0.15, 0.2) is 0 Å². The van der Waals surface area contributed by atoms with E-state index in [2.05, 4.69) is 22.7 Å². The lowest BCUT2D eigenvalue weighted by molar-refractivity contribution is 0.102. The van der Waals surface area contributed by atoms with Crippen LogP contribution in [0.3, 0.4) is 0 Å². The van der Waals surface area contributed by atoms with Crippen LogP contribution in [0.5, 0.6) is 0 Å². The van der Waals surface area contributed by atoms with Crippen LogP contribution in [0.1, 0.15) is 10.4 Å². The SMILES string of the molecule is CN1CCN(NC(=O)N2c3ccccc3NC(=O)c3ccccc32)CC1. The van der Waals surface area contributed by atoms with Crippen LogP contribution in [-0.2, 0) is 0 Å². The molecule has 0 atom stereocenters. The molecule has 1 saturated heterocycles. The molecule has 26 heavy (non-hydrogen) atoms. The summed E-state index contributed by atoms with van der Waals surface area (Å²) in [5, 5.41) is 4.82. The molecule has 2 aromatic rings. The van der Waals surface area contributed by atoms with Crippen LogP contribution < -0.4 is 15.6 Å². The zero-order valence-corrected chi connectivity index (χ0v) is 14.6. The highest BCUT2D eigenvalue weighted by molar-refractivity contribution is 6.17. The summed E-state index contributed by atoms with van der Waals surface area (Å²) in [5.74, 6) is -0.219. The lowest BCUT2D eigenvalue weighted by atomic mass is 10.1. The lowest BCUT2D eigenvalue weighted by Crippen LogP contribution is -2.55. The molecule has 2 heterocycles. The second kappa shape index (κ2) is 6.78. The summed E-state index contributed by atoms with van der Waals surface area (Å²) in [5.41, 5.74) is 5.29. The number of nitrogens with zero attached hydrogens (tertiary/aromatic N) is 3. The first-order valence-electron chi connectivity index (χ1n) is 8.67. The number of nitrogens with one attached hydrogen (secondary N) is 2. The number of fused-ring (bicyclic) bond motifs is 2. The highest BCUT2D eigenvalue weighted by Crippen LogP contribution is 2.37. The Kier molecular flexibility index (Phi) is 4.32. The fourth-order valence-corrected chi connectivity index (χ4v) is 3.28. The van der Waals surface area contributed by atoms with E-state index in [9.17, 15) is 9.59 Å². The van der Waals surface area contributed by atoms with Gasteiger partial charge in [0.25, 0.3) is 5.91 Å². The zero-order chi connectivity index (χ0) is 18.1. The minimum absolute atomic E-state index is 0.219. The first-order valence-corrected chi connectivity index (χ1v) is 8.67. The van der Waals surface area contributed by atoms with Crippen LogP contribution in [-0.4, -0.2) is 55.1 Å². The van der Waals surface area contributed by atoms with Crippen LogP contribution in [0.2, 0.25) is 0 Å². The minimum Gasteiger partial charge on any atom is -0.320 e. The lowest BCUT2D eigenvalue weighted by Gasteiger charge is -2.34. The second-order valence-corrected chi connectivity index (χ2v) is 6.53. The molecule has 0 spiro atoms. The fraction of sp³-hybridized carbons (Fsp3) is 0.263. The quantitative estimate of drug-likeness (QED) is 0.827. The number of piperazine rings is 1. The van der Waals surface area contributed by atoms with Crippen molar-refractivity contribution in [3.63, 3.8) is 0 Å². The van der Waals surface area contributed by atoms with Crippen molar-refractivity contribution in [2.24, 2.45) is 0 Å². The van der Waals surface area contributed by atoms with E-state index in [1.54, 1.807) is 29.2 Å². The van der Waals surface area contributed by atoms with Gasteiger partial charge in [-0.1, -0.05) is 24.3 Å². The van der Waals surface area contributed by atoms with E-state index in [0.29, 0.717) is 22.6 Å².